The van der Waals surface area contributed by atoms with Crippen molar-refractivity contribution in [3.8, 4) is 0 Å². The zero-order valence-electron chi connectivity index (χ0n) is 11.3. The lowest BCUT2D eigenvalue weighted by Gasteiger charge is -2.27. The van der Waals surface area contributed by atoms with Gasteiger partial charge in [-0.2, -0.15) is 0 Å². The molecule has 2 rings (SSSR count). The largest absolute Gasteiger partial charge is 0.299 e. The van der Waals surface area contributed by atoms with Crippen LogP contribution in [-0.2, 0) is 6.54 Å². The molecule has 0 spiro atoms. The Bertz CT molecular complexity index is 425. The quantitative estimate of drug-likeness (QED) is 0.779. The third-order valence-corrected chi connectivity index (χ3v) is 4.81. The normalized spacial score (nSPS) is 21.5. The summed E-state index contributed by atoms with van der Waals surface area (Å²) in [5.41, 5.74) is 1.41. The van der Waals surface area contributed by atoms with Crippen LogP contribution in [0.15, 0.2) is 22.7 Å². The number of hydrogen-bond donors (Lipinski definition) is 0. The van der Waals surface area contributed by atoms with Crippen molar-refractivity contribution in [2.24, 2.45) is 11.3 Å². The first-order valence-corrected chi connectivity index (χ1v) is 7.32. The smallest absolute Gasteiger partial charge is 0.137 e. The zero-order chi connectivity index (χ0) is 13.3. The van der Waals surface area contributed by atoms with Crippen molar-refractivity contribution in [1.82, 2.24) is 4.90 Å². The number of hydrogen-bond acceptors (Lipinski definition) is 1. The Morgan fingerprint density at radius 1 is 1.39 bits per heavy atom. The first kappa shape index (κ1) is 14.0. The number of benzene rings is 1. The van der Waals surface area contributed by atoms with Crippen LogP contribution in [0.3, 0.4) is 0 Å². The van der Waals surface area contributed by atoms with Gasteiger partial charge in [0.05, 0.1) is 4.47 Å². The highest BCUT2D eigenvalue weighted by Crippen LogP contribution is 2.34. The van der Waals surface area contributed by atoms with Crippen molar-refractivity contribution in [1.29, 1.82) is 0 Å². The fraction of sp³-hybridized carbons (Fsp3) is 0.600. The van der Waals surface area contributed by atoms with Gasteiger partial charge >= 0.3 is 0 Å². The number of nitrogens with zero attached hydrogens (tertiary/aromatic N) is 1. The van der Waals surface area contributed by atoms with E-state index in [1.807, 2.05) is 6.07 Å². The van der Waals surface area contributed by atoms with E-state index in [0.29, 0.717) is 9.89 Å². The fourth-order valence-corrected chi connectivity index (χ4v) is 2.98. The Kier molecular flexibility index (Phi) is 4.12. The molecule has 100 valence electrons. The summed E-state index contributed by atoms with van der Waals surface area (Å²) in [5.74, 6) is 0.573. The van der Waals surface area contributed by atoms with Crippen LogP contribution in [-0.4, -0.2) is 18.0 Å². The summed E-state index contributed by atoms with van der Waals surface area (Å²) in [7, 11) is 0. The minimum Gasteiger partial charge on any atom is -0.299 e. The minimum absolute atomic E-state index is 0.168. The molecule has 1 heterocycles. The molecule has 18 heavy (non-hydrogen) atoms. The predicted molar refractivity (Wildman–Crippen MR) is 76.9 cm³/mol. The second-order valence-corrected chi connectivity index (χ2v) is 7.09. The molecule has 0 saturated carbocycles. The van der Waals surface area contributed by atoms with Crippen LogP contribution < -0.4 is 0 Å². The van der Waals surface area contributed by atoms with Gasteiger partial charge in [-0.25, -0.2) is 4.39 Å². The summed E-state index contributed by atoms with van der Waals surface area (Å²) in [6.45, 7) is 9.99. The Balaban J connectivity index is 2.02. The van der Waals surface area contributed by atoms with Crippen molar-refractivity contribution < 1.29 is 4.39 Å². The van der Waals surface area contributed by atoms with E-state index in [1.54, 1.807) is 6.07 Å². The summed E-state index contributed by atoms with van der Waals surface area (Å²) in [6, 6.07) is 5.28. The van der Waals surface area contributed by atoms with E-state index in [0.717, 1.165) is 31.1 Å². The van der Waals surface area contributed by atoms with Crippen LogP contribution in [0.4, 0.5) is 4.39 Å². The van der Waals surface area contributed by atoms with Crippen LogP contribution in [0.25, 0.3) is 0 Å². The first-order chi connectivity index (χ1) is 8.38. The second kappa shape index (κ2) is 5.30. The molecule has 0 bridgehead atoms. The molecule has 1 aromatic carbocycles. The van der Waals surface area contributed by atoms with E-state index >= 15 is 0 Å². The summed E-state index contributed by atoms with van der Waals surface area (Å²) in [4.78, 5) is 2.43. The Morgan fingerprint density at radius 3 is 2.72 bits per heavy atom. The summed E-state index contributed by atoms with van der Waals surface area (Å²) < 4.78 is 14.1. The van der Waals surface area contributed by atoms with Gasteiger partial charge < -0.3 is 0 Å². The molecule has 0 aliphatic carbocycles. The average Bonchev–Trinajstić information content (AvgIpc) is 2.73. The maximum absolute atomic E-state index is 13.5. The van der Waals surface area contributed by atoms with E-state index in [9.17, 15) is 4.39 Å². The summed E-state index contributed by atoms with van der Waals surface area (Å²) >= 11 is 3.34. The molecule has 1 fully saturated rings. The molecule has 0 amide bonds. The standard InChI is InChI=1S/C15H21BrFN/c1-15(2,3)12-7-8-18(10-12)9-11-5-4-6-13(17)14(11)16/h4-6,12H,7-10H2,1-3H3. The molecular formula is C15H21BrFN. The van der Waals surface area contributed by atoms with Gasteiger partial charge in [0.1, 0.15) is 5.82 Å². The Morgan fingerprint density at radius 2 is 2.11 bits per heavy atom. The molecule has 1 aliphatic heterocycles. The Labute approximate surface area is 118 Å². The maximum Gasteiger partial charge on any atom is 0.137 e. The predicted octanol–water partition coefficient (Wildman–Crippen LogP) is 4.46. The third-order valence-electron chi connectivity index (χ3n) is 3.92. The lowest BCUT2D eigenvalue weighted by atomic mass is 9.80. The van der Waals surface area contributed by atoms with Gasteiger partial charge in [0.25, 0.3) is 0 Å². The fourth-order valence-electron chi connectivity index (χ4n) is 2.59. The SMILES string of the molecule is CC(C)(C)C1CCN(Cc2cccc(F)c2Br)C1. The maximum atomic E-state index is 13.5. The molecule has 0 aromatic heterocycles. The second-order valence-electron chi connectivity index (χ2n) is 6.30. The molecule has 1 aliphatic rings. The molecule has 0 N–H and O–H groups in total. The van der Waals surface area contributed by atoms with Gasteiger partial charge in [0, 0.05) is 13.1 Å². The van der Waals surface area contributed by atoms with Gasteiger partial charge in [-0.1, -0.05) is 32.9 Å². The van der Waals surface area contributed by atoms with Crippen molar-refractivity contribution in [3.63, 3.8) is 0 Å². The van der Waals surface area contributed by atoms with Crippen molar-refractivity contribution >= 4 is 15.9 Å². The van der Waals surface area contributed by atoms with E-state index in [-0.39, 0.29) is 5.82 Å². The molecule has 1 atom stereocenters. The Hall–Kier alpha value is -0.410. The van der Waals surface area contributed by atoms with Crippen LogP contribution in [0.5, 0.6) is 0 Å². The molecule has 0 radical (unpaired) electrons. The van der Waals surface area contributed by atoms with E-state index < -0.39 is 0 Å². The first-order valence-electron chi connectivity index (χ1n) is 6.53. The van der Waals surface area contributed by atoms with Crippen LogP contribution in [0, 0.1) is 17.2 Å². The highest BCUT2D eigenvalue weighted by molar-refractivity contribution is 9.10. The van der Waals surface area contributed by atoms with Crippen molar-refractivity contribution in [2.75, 3.05) is 13.1 Å². The van der Waals surface area contributed by atoms with Crippen LogP contribution >= 0.6 is 15.9 Å². The number of halogens is 2. The summed E-state index contributed by atoms with van der Waals surface area (Å²) in [5, 5.41) is 0. The van der Waals surface area contributed by atoms with Crippen LogP contribution in [0.2, 0.25) is 0 Å². The molecular weight excluding hydrogens is 293 g/mol. The lowest BCUT2D eigenvalue weighted by Crippen LogP contribution is -2.25. The van der Waals surface area contributed by atoms with Gasteiger partial charge in [-0.05, 0) is 51.9 Å². The molecule has 1 nitrogen and oxygen atoms in total. The average molecular weight is 314 g/mol. The van der Waals surface area contributed by atoms with Crippen molar-refractivity contribution in [3.05, 3.63) is 34.1 Å². The van der Waals surface area contributed by atoms with E-state index in [4.69, 9.17) is 0 Å². The van der Waals surface area contributed by atoms with Crippen molar-refractivity contribution in [2.45, 2.75) is 33.7 Å². The van der Waals surface area contributed by atoms with Crippen LogP contribution in [0.1, 0.15) is 32.8 Å². The highest BCUT2D eigenvalue weighted by Gasteiger charge is 2.31. The minimum atomic E-state index is -0.168. The van der Waals surface area contributed by atoms with Gasteiger partial charge in [-0.15, -0.1) is 0 Å². The summed E-state index contributed by atoms with van der Waals surface area (Å²) in [6.07, 6.45) is 1.25. The molecule has 1 unspecified atom stereocenters. The molecule has 1 saturated heterocycles. The molecule has 1 aromatic rings. The zero-order valence-corrected chi connectivity index (χ0v) is 12.9. The van der Waals surface area contributed by atoms with Gasteiger partial charge in [-0.3, -0.25) is 4.90 Å². The number of rotatable bonds is 2. The third kappa shape index (κ3) is 3.12. The highest BCUT2D eigenvalue weighted by atomic mass is 79.9. The van der Waals surface area contributed by atoms with E-state index in [2.05, 4.69) is 41.6 Å². The van der Waals surface area contributed by atoms with Gasteiger partial charge in [0.2, 0.25) is 0 Å². The molecule has 3 heteroatoms. The van der Waals surface area contributed by atoms with Gasteiger partial charge in [0.15, 0.2) is 0 Å². The topological polar surface area (TPSA) is 3.24 Å². The monoisotopic (exact) mass is 313 g/mol. The lowest BCUT2D eigenvalue weighted by molar-refractivity contribution is 0.226. The van der Waals surface area contributed by atoms with E-state index in [1.165, 1.54) is 12.5 Å². The number of likely N-dealkylation sites (tertiary alicyclic amines) is 1.